The van der Waals surface area contributed by atoms with Crippen molar-refractivity contribution in [1.29, 1.82) is 0 Å². The zero-order valence-corrected chi connectivity index (χ0v) is 19.6. The van der Waals surface area contributed by atoms with Crippen LogP contribution >= 0.6 is 24.0 Å². The normalized spacial score (nSPS) is 29.3. The van der Waals surface area contributed by atoms with Gasteiger partial charge in [0.2, 0.25) is 0 Å². The minimum atomic E-state index is -0.171. The molecule has 2 atom stereocenters. The van der Waals surface area contributed by atoms with Crippen LogP contribution in [0.2, 0.25) is 0 Å². The zero-order valence-electron chi connectivity index (χ0n) is 17.3. The molecule has 0 radical (unpaired) electrons. The van der Waals surface area contributed by atoms with Crippen LogP contribution in [0.4, 0.5) is 10.1 Å². The summed E-state index contributed by atoms with van der Waals surface area (Å²) in [5.74, 6) is 0.737. The molecule has 1 aromatic rings. The minimum Gasteiger partial charge on any atom is -0.369 e. The fourth-order valence-electron chi connectivity index (χ4n) is 4.61. The number of anilines is 1. The summed E-state index contributed by atoms with van der Waals surface area (Å²) in [5, 5.41) is 7.03. The lowest BCUT2D eigenvalue weighted by Gasteiger charge is -2.47. The second-order valence-corrected chi connectivity index (χ2v) is 8.12. The van der Waals surface area contributed by atoms with Gasteiger partial charge in [0.25, 0.3) is 0 Å². The molecule has 0 amide bonds. The molecule has 5 rings (SSSR count). The van der Waals surface area contributed by atoms with Gasteiger partial charge in [-0.25, -0.2) is 4.39 Å². The van der Waals surface area contributed by atoms with Crippen molar-refractivity contribution in [2.45, 2.75) is 31.8 Å². The molecule has 4 saturated heterocycles. The van der Waals surface area contributed by atoms with Gasteiger partial charge >= 0.3 is 0 Å². The molecule has 1 aromatic carbocycles. The number of halogens is 2. The number of guanidine groups is 1. The second-order valence-electron chi connectivity index (χ2n) is 8.12. The number of hydrogen-bond donors (Lipinski definition) is 2. The molecule has 29 heavy (non-hydrogen) atoms. The van der Waals surface area contributed by atoms with Gasteiger partial charge in [-0.1, -0.05) is 6.07 Å². The number of nitrogens with zero attached hydrogens (tertiary/aromatic N) is 4. The Labute approximate surface area is 190 Å². The van der Waals surface area contributed by atoms with Crippen molar-refractivity contribution in [2.75, 3.05) is 63.8 Å². The number of nitrogens with one attached hydrogen (secondary N) is 2. The predicted octanol–water partition coefficient (Wildman–Crippen LogP) is 1.97. The lowest BCUT2D eigenvalue weighted by molar-refractivity contribution is 0.0174. The Morgan fingerprint density at radius 2 is 2.00 bits per heavy atom. The van der Waals surface area contributed by atoms with Gasteiger partial charge in [0.1, 0.15) is 5.82 Å². The van der Waals surface area contributed by atoms with Gasteiger partial charge in [0, 0.05) is 70.1 Å². The van der Waals surface area contributed by atoms with E-state index in [9.17, 15) is 4.39 Å². The van der Waals surface area contributed by atoms with Crippen LogP contribution < -0.4 is 15.5 Å². The molecule has 0 spiro atoms. The van der Waals surface area contributed by atoms with Crippen LogP contribution in [0.3, 0.4) is 0 Å². The van der Waals surface area contributed by atoms with Crippen LogP contribution in [0.25, 0.3) is 0 Å². The molecular formula is C21H34FIN6. The van der Waals surface area contributed by atoms with Crippen molar-refractivity contribution in [3.63, 3.8) is 0 Å². The lowest BCUT2D eigenvalue weighted by atomic mass is 10.0. The Bertz CT molecular complexity index is 679. The van der Waals surface area contributed by atoms with E-state index in [0.717, 1.165) is 57.2 Å². The Morgan fingerprint density at radius 3 is 2.69 bits per heavy atom. The summed E-state index contributed by atoms with van der Waals surface area (Å²) >= 11 is 0. The first kappa shape index (κ1) is 22.6. The monoisotopic (exact) mass is 516 g/mol. The minimum absolute atomic E-state index is 0. The van der Waals surface area contributed by atoms with E-state index in [1.54, 1.807) is 12.1 Å². The quantitative estimate of drug-likeness (QED) is 0.356. The third-order valence-electron chi connectivity index (χ3n) is 6.13. The van der Waals surface area contributed by atoms with Crippen molar-refractivity contribution >= 4 is 35.6 Å². The molecule has 6 nitrogen and oxygen atoms in total. The highest BCUT2D eigenvalue weighted by Crippen LogP contribution is 2.21. The third kappa shape index (κ3) is 5.95. The van der Waals surface area contributed by atoms with Crippen LogP contribution in [-0.2, 0) is 0 Å². The second kappa shape index (κ2) is 10.8. The van der Waals surface area contributed by atoms with E-state index >= 15 is 0 Å². The smallest absolute Gasteiger partial charge is 0.191 e. The molecular weight excluding hydrogens is 482 g/mol. The van der Waals surface area contributed by atoms with Crippen molar-refractivity contribution in [3.8, 4) is 0 Å². The third-order valence-corrected chi connectivity index (χ3v) is 6.13. The summed E-state index contributed by atoms with van der Waals surface area (Å²) in [4.78, 5) is 12.3. The van der Waals surface area contributed by atoms with Crippen LogP contribution in [0.1, 0.15) is 19.8 Å². The van der Waals surface area contributed by atoms with Crippen molar-refractivity contribution in [1.82, 2.24) is 20.4 Å². The Kier molecular flexibility index (Phi) is 8.37. The van der Waals surface area contributed by atoms with Crippen LogP contribution in [-0.4, -0.2) is 86.7 Å². The van der Waals surface area contributed by atoms with E-state index in [1.807, 2.05) is 6.07 Å². The van der Waals surface area contributed by atoms with Gasteiger partial charge in [0.15, 0.2) is 5.96 Å². The topological polar surface area (TPSA) is 46.1 Å². The summed E-state index contributed by atoms with van der Waals surface area (Å²) in [6.07, 6.45) is 2.21. The summed E-state index contributed by atoms with van der Waals surface area (Å²) in [5.41, 5.74) is 0.966. The van der Waals surface area contributed by atoms with Crippen molar-refractivity contribution in [2.24, 2.45) is 4.99 Å². The summed E-state index contributed by atoms with van der Waals surface area (Å²) < 4.78 is 13.6. The largest absolute Gasteiger partial charge is 0.369 e. The number of fused-ring (bicyclic) bond motifs is 3. The Hall–Kier alpha value is -1.13. The summed E-state index contributed by atoms with van der Waals surface area (Å²) in [6.45, 7) is 11.5. The fourth-order valence-corrected chi connectivity index (χ4v) is 4.61. The van der Waals surface area contributed by atoms with Crippen LogP contribution in [0, 0.1) is 5.82 Å². The van der Waals surface area contributed by atoms with Gasteiger partial charge in [-0.15, -0.1) is 24.0 Å². The summed E-state index contributed by atoms with van der Waals surface area (Å²) in [6, 6.07) is 7.77. The zero-order chi connectivity index (χ0) is 19.3. The SMILES string of the molecule is CCNC(=NCC1CN2CCN1CC2)NC1CCCN(c2cccc(F)c2)C1.I. The first-order chi connectivity index (χ1) is 13.7. The van der Waals surface area contributed by atoms with E-state index in [-0.39, 0.29) is 29.8 Å². The van der Waals surface area contributed by atoms with E-state index in [1.165, 1.54) is 32.2 Å². The maximum atomic E-state index is 13.6. The average molecular weight is 516 g/mol. The Balaban J connectivity index is 0.00000240. The average Bonchev–Trinajstić information content (AvgIpc) is 2.73. The van der Waals surface area contributed by atoms with Gasteiger partial charge in [-0.05, 0) is 38.0 Å². The number of piperidine rings is 1. The van der Waals surface area contributed by atoms with Gasteiger partial charge < -0.3 is 15.5 Å². The molecule has 2 bridgehead atoms. The molecule has 4 aliphatic heterocycles. The number of aliphatic imine (C=N–C) groups is 1. The molecule has 4 aliphatic rings. The molecule has 2 unspecified atom stereocenters. The fraction of sp³-hybridized carbons (Fsp3) is 0.667. The molecule has 8 heteroatoms. The highest BCUT2D eigenvalue weighted by molar-refractivity contribution is 14.0. The number of piperazine rings is 3. The molecule has 4 fully saturated rings. The first-order valence-corrected chi connectivity index (χ1v) is 10.7. The predicted molar refractivity (Wildman–Crippen MR) is 128 cm³/mol. The number of benzene rings is 1. The molecule has 4 heterocycles. The molecule has 0 aromatic heterocycles. The van der Waals surface area contributed by atoms with Gasteiger partial charge in [-0.2, -0.15) is 0 Å². The maximum Gasteiger partial charge on any atom is 0.191 e. The maximum absolute atomic E-state index is 13.6. The van der Waals surface area contributed by atoms with E-state index in [4.69, 9.17) is 4.99 Å². The van der Waals surface area contributed by atoms with Crippen molar-refractivity contribution < 1.29 is 4.39 Å². The molecule has 2 N–H and O–H groups in total. The van der Waals surface area contributed by atoms with Gasteiger partial charge in [0.05, 0.1) is 6.54 Å². The lowest BCUT2D eigenvalue weighted by Crippen LogP contribution is -2.62. The van der Waals surface area contributed by atoms with Gasteiger partial charge in [-0.3, -0.25) is 14.8 Å². The van der Waals surface area contributed by atoms with Crippen LogP contribution in [0.5, 0.6) is 0 Å². The van der Waals surface area contributed by atoms with E-state index < -0.39 is 0 Å². The number of hydrogen-bond acceptors (Lipinski definition) is 4. The highest BCUT2D eigenvalue weighted by atomic mass is 127. The summed E-state index contributed by atoms with van der Waals surface area (Å²) in [7, 11) is 0. The van der Waals surface area contributed by atoms with E-state index in [0.29, 0.717) is 12.1 Å². The molecule has 0 saturated carbocycles. The first-order valence-electron chi connectivity index (χ1n) is 10.7. The number of rotatable bonds is 5. The molecule has 0 aliphatic carbocycles. The standard InChI is InChI=1S/C21H33FN6.HI/c1-2-23-21(24-14-20-16-26-9-11-27(20)12-10-26)25-18-6-4-8-28(15-18)19-7-3-5-17(22)13-19;/h3,5,7,13,18,20H,2,4,6,8-12,14-16H2,1H3,(H2,23,24,25);1H. The van der Waals surface area contributed by atoms with Crippen molar-refractivity contribution in [3.05, 3.63) is 30.1 Å². The highest BCUT2D eigenvalue weighted by Gasteiger charge is 2.31. The van der Waals surface area contributed by atoms with Crippen LogP contribution in [0.15, 0.2) is 29.3 Å². The molecule has 162 valence electrons. The Morgan fingerprint density at radius 1 is 1.17 bits per heavy atom. The van der Waals surface area contributed by atoms with E-state index in [2.05, 4.69) is 32.3 Å².